The Hall–Kier alpha value is -8.29. The van der Waals surface area contributed by atoms with Crippen molar-refractivity contribution in [2.75, 3.05) is 0 Å². The maximum atomic E-state index is 5.16. The van der Waals surface area contributed by atoms with Gasteiger partial charge in [-0.25, -0.2) is 15.0 Å². The highest BCUT2D eigenvalue weighted by atomic mass is 15.2. The molecular weight excluding hydrogens is 735 g/mol. The normalized spacial score (nSPS) is 11.7. The SMILES string of the molecule is c1ccc(-c2nc(-c3ccccc3)nc(-n3c4ccccc4c4c5c6ccccc6n(-c6ccc(-c7nc(-c8ccccc8)c8ccccc8n7)cc6)c5ccc43)n2)cc1. The number of hydrogen-bond donors (Lipinski definition) is 0. The van der Waals surface area contributed by atoms with E-state index in [-0.39, 0.29) is 0 Å². The molecular formula is C53H33N7. The van der Waals surface area contributed by atoms with Gasteiger partial charge >= 0.3 is 0 Å². The van der Waals surface area contributed by atoms with Gasteiger partial charge in [-0.1, -0.05) is 146 Å². The molecule has 8 aromatic carbocycles. The first-order valence-electron chi connectivity index (χ1n) is 20.0. The summed E-state index contributed by atoms with van der Waals surface area (Å²) < 4.78 is 4.55. The molecule has 0 N–H and O–H groups in total. The highest BCUT2D eigenvalue weighted by Crippen LogP contribution is 2.42. The monoisotopic (exact) mass is 767 g/mol. The first-order chi connectivity index (χ1) is 29.8. The van der Waals surface area contributed by atoms with Gasteiger partial charge in [-0.2, -0.15) is 9.97 Å². The molecule has 0 amide bonds. The molecule has 280 valence electrons. The summed E-state index contributed by atoms with van der Waals surface area (Å²) >= 11 is 0. The molecule has 0 atom stereocenters. The fourth-order valence-corrected chi connectivity index (χ4v) is 8.69. The lowest BCUT2D eigenvalue weighted by molar-refractivity contribution is 0.953. The Morgan fingerprint density at radius 2 is 0.733 bits per heavy atom. The highest BCUT2D eigenvalue weighted by Gasteiger charge is 2.23. The molecule has 0 bridgehead atoms. The van der Waals surface area contributed by atoms with Crippen molar-refractivity contribution in [2.24, 2.45) is 0 Å². The topological polar surface area (TPSA) is 74.3 Å². The van der Waals surface area contributed by atoms with Gasteiger partial charge in [0.15, 0.2) is 17.5 Å². The molecule has 0 saturated carbocycles. The Kier molecular flexibility index (Phi) is 7.71. The summed E-state index contributed by atoms with van der Waals surface area (Å²) in [5.41, 5.74) is 11.0. The molecule has 0 aliphatic heterocycles. The predicted molar refractivity (Wildman–Crippen MR) is 243 cm³/mol. The van der Waals surface area contributed by atoms with Crippen LogP contribution in [0.25, 0.3) is 112 Å². The summed E-state index contributed by atoms with van der Waals surface area (Å²) in [6.07, 6.45) is 0. The minimum Gasteiger partial charge on any atom is -0.309 e. The zero-order chi connectivity index (χ0) is 39.6. The smallest absolute Gasteiger partial charge is 0.238 e. The van der Waals surface area contributed by atoms with Crippen LogP contribution in [0, 0.1) is 0 Å². The van der Waals surface area contributed by atoms with Crippen LogP contribution in [0.15, 0.2) is 200 Å². The second-order valence-corrected chi connectivity index (χ2v) is 14.9. The first-order valence-corrected chi connectivity index (χ1v) is 20.0. The molecule has 7 heteroatoms. The van der Waals surface area contributed by atoms with Gasteiger partial charge in [0.25, 0.3) is 0 Å². The Bertz CT molecular complexity index is 3520. The number of para-hydroxylation sites is 3. The maximum Gasteiger partial charge on any atom is 0.238 e. The maximum absolute atomic E-state index is 5.16. The molecule has 12 rings (SSSR count). The number of benzene rings is 8. The molecule has 7 nitrogen and oxygen atoms in total. The molecule has 4 heterocycles. The molecule has 60 heavy (non-hydrogen) atoms. The molecule has 0 radical (unpaired) electrons. The molecule has 0 spiro atoms. The van der Waals surface area contributed by atoms with Crippen LogP contribution in [0.1, 0.15) is 0 Å². The fourth-order valence-electron chi connectivity index (χ4n) is 8.69. The van der Waals surface area contributed by atoms with Crippen LogP contribution < -0.4 is 0 Å². The van der Waals surface area contributed by atoms with Gasteiger partial charge < -0.3 is 4.57 Å². The lowest BCUT2D eigenvalue weighted by Crippen LogP contribution is -2.06. The van der Waals surface area contributed by atoms with Gasteiger partial charge in [-0.15, -0.1) is 0 Å². The van der Waals surface area contributed by atoms with Crippen molar-refractivity contribution in [1.29, 1.82) is 0 Å². The van der Waals surface area contributed by atoms with Crippen molar-refractivity contribution in [3.63, 3.8) is 0 Å². The van der Waals surface area contributed by atoms with Crippen molar-refractivity contribution in [3.8, 4) is 57.1 Å². The van der Waals surface area contributed by atoms with Crippen molar-refractivity contribution in [1.82, 2.24) is 34.1 Å². The molecule has 0 saturated heterocycles. The third-order valence-corrected chi connectivity index (χ3v) is 11.4. The van der Waals surface area contributed by atoms with E-state index in [1.165, 1.54) is 10.8 Å². The molecule has 12 aromatic rings. The van der Waals surface area contributed by atoms with Crippen molar-refractivity contribution >= 4 is 54.5 Å². The van der Waals surface area contributed by atoms with Crippen molar-refractivity contribution < 1.29 is 0 Å². The summed E-state index contributed by atoms with van der Waals surface area (Å²) in [6, 6.07) is 69.1. The van der Waals surface area contributed by atoms with E-state index in [0.717, 1.165) is 77.4 Å². The summed E-state index contributed by atoms with van der Waals surface area (Å²) in [6.45, 7) is 0. The molecule has 0 aliphatic rings. The van der Waals surface area contributed by atoms with E-state index in [1.54, 1.807) is 0 Å². The van der Waals surface area contributed by atoms with Gasteiger partial charge in [0.2, 0.25) is 5.95 Å². The van der Waals surface area contributed by atoms with Crippen LogP contribution in [0.4, 0.5) is 0 Å². The molecule has 0 unspecified atom stereocenters. The third kappa shape index (κ3) is 5.41. The lowest BCUT2D eigenvalue weighted by atomic mass is 10.1. The average Bonchev–Trinajstić information content (AvgIpc) is 3.85. The highest BCUT2D eigenvalue weighted by molar-refractivity contribution is 6.28. The summed E-state index contributed by atoms with van der Waals surface area (Å²) in [7, 11) is 0. The van der Waals surface area contributed by atoms with E-state index >= 15 is 0 Å². The number of rotatable bonds is 6. The third-order valence-electron chi connectivity index (χ3n) is 11.4. The van der Waals surface area contributed by atoms with Gasteiger partial charge in [0.05, 0.1) is 33.3 Å². The van der Waals surface area contributed by atoms with Crippen molar-refractivity contribution in [2.45, 2.75) is 0 Å². The minimum absolute atomic E-state index is 0.568. The van der Waals surface area contributed by atoms with E-state index in [9.17, 15) is 0 Å². The van der Waals surface area contributed by atoms with E-state index in [1.807, 2.05) is 91.0 Å². The van der Waals surface area contributed by atoms with Crippen LogP contribution in [0.3, 0.4) is 0 Å². The Labute approximate surface area is 344 Å². The van der Waals surface area contributed by atoms with Crippen LogP contribution in [0.2, 0.25) is 0 Å². The predicted octanol–water partition coefficient (Wildman–Crippen LogP) is 12.7. The Balaban J connectivity index is 1.06. The Morgan fingerprint density at radius 1 is 0.283 bits per heavy atom. The van der Waals surface area contributed by atoms with Gasteiger partial charge in [-0.05, 0) is 54.6 Å². The first kappa shape index (κ1) is 33.8. The lowest BCUT2D eigenvalue weighted by Gasteiger charge is -2.12. The number of nitrogens with zero attached hydrogens (tertiary/aromatic N) is 7. The number of fused-ring (bicyclic) bond motifs is 8. The van der Waals surface area contributed by atoms with Gasteiger partial charge in [0.1, 0.15) is 0 Å². The van der Waals surface area contributed by atoms with Crippen LogP contribution in [0.5, 0.6) is 0 Å². The summed E-state index contributed by atoms with van der Waals surface area (Å²) in [4.78, 5) is 25.5. The van der Waals surface area contributed by atoms with Crippen LogP contribution in [-0.4, -0.2) is 34.1 Å². The zero-order valence-corrected chi connectivity index (χ0v) is 32.2. The quantitative estimate of drug-likeness (QED) is 0.168. The molecule has 0 aliphatic carbocycles. The second-order valence-electron chi connectivity index (χ2n) is 14.9. The zero-order valence-electron chi connectivity index (χ0n) is 32.2. The standard InChI is InChI=1S/C53H33N7/c1-4-16-34(17-5-1)49-39-22-10-13-25-42(39)54-50(55-49)37-28-30-38(31-29-37)59-43-26-14-11-23-40(43)47-45(59)32-33-46-48(47)41-24-12-15-27-44(41)60(46)53-57-51(35-18-6-2-7-19-35)56-52(58-53)36-20-8-3-9-21-36/h1-33H. The number of hydrogen-bond acceptors (Lipinski definition) is 5. The average molecular weight is 768 g/mol. The molecule has 4 aromatic heterocycles. The van der Waals surface area contributed by atoms with Gasteiger partial charge in [0, 0.05) is 54.9 Å². The van der Waals surface area contributed by atoms with Gasteiger partial charge in [-0.3, -0.25) is 4.57 Å². The summed E-state index contributed by atoms with van der Waals surface area (Å²) in [5.74, 6) is 2.51. The van der Waals surface area contributed by atoms with E-state index < -0.39 is 0 Å². The van der Waals surface area contributed by atoms with Crippen LogP contribution in [-0.2, 0) is 0 Å². The second kappa shape index (κ2) is 13.7. The number of aromatic nitrogens is 7. The molecule has 0 fully saturated rings. The van der Waals surface area contributed by atoms with E-state index in [4.69, 9.17) is 24.9 Å². The van der Waals surface area contributed by atoms with Crippen molar-refractivity contribution in [3.05, 3.63) is 200 Å². The Morgan fingerprint density at radius 3 is 1.33 bits per heavy atom. The fraction of sp³-hybridized carbons (Fsp3) is 0. The minimum atomic E-state index is 0.568. The van der Waals surface area contributed by atoms with E-state index in [2.05, 4.69) is 118 Å². The van der Waals surface area contributed by atoms with E-state index in [0.29, 0.717) is 23.4 Å². The summed E-state index contributed by atoms with van der Waals surface area (Å²) in [5, 5.41) is 5.65. The largest absolute Gasteiger partial charge is 0.309 e. The van der Waals surface area contributed by atoms with Crippen LogP contribution >= 0.6 is 0 Å².